The summed E-state index contributed by atoms with van der Waals surface area (Å²) in [4.78, 5) is 11.9. The molecule has 7 nitrogen and oxygen atoms in total. The number of hydrogen-bond donors (Lipinski definition) is 5. The Kier molecular flexibility index (Phi) is 9.24. The van der Waals surface area contributed by atoms with Crippen LogP contribution in [0.1, 0.15) is 28.4 Å². The summed E-state index contributed by atoms with van der Waals surface area (Å²) < 4.78 is 5.28. The number of ether oxygens (including phenoxy) is 1. The number of phenolic OH excluding ortho intramolecular Hbond substituents is 1. The molecule has 5 N–H and O–H groups in total. The lowest BCUT2D eigenvalue weighted by Gasteiger charge is -2.16. The number of carbonyl (C=O) groups is 1. The zero-order chi connectivity index (χ0) is 25.3. The van der Waals surface area contributed by atoms with Gasteiger partial charge in [-0.2, -0.15) is 0 Å². The van der Waals surface area contributed by atoms with Crippen LogP contribution in [-0.2, 0) is 24.2 Å². The van der Waals surface area contributed by atoms with Gasteiger partial charge in [0.1, 0.15) is 16.9 Å². The summed E-state index contributed by atoms with van der Waals surface area (Å²) in [6, 6.07) is 20.0. The van der Waals surface area contributed by atoms with Crippen molar-refractivity contribution in [2.75, 3.05) is 32.1 Å². The number of aldehydes is 1. The van der Waals surface area contributed by atoms with Gasteiger partial charge < -0.3 is 35.7 Å². The predicted molar refractivity (Wildman–Crippen MR) is 144 cm³/mol. The Morgan fingerprint density at radius 2 is 1.78 bits per heavy atom. The highest BCUT2D eigenvalue weighted by Crippen LogP contribution is 2.46. The van der Waals surface area contributed by atoms with E-state index in [1.165, 1.54) is 28.5 Å². The molecule has 0 spiro atoms. The first-order chi connectivity index (χ1) is 17.6. The van der Waals surface area contributed by atoms with E-state index in [9.17, 15) is 15.0 Å². The number of benzene rings is 3. The largest absolute Gasteiger partial charge is 0.506 e. The van der Waals surface area contributed by atoms with E-state index in [4.69, 9.17) is 4.74 Å². The molecule has 0 saturated carbocycles. The number of rotatable bonds is 13. The summed E-state index contributed by atoms with van der Waals surface area (Å²) in [5.74, 6) is 0.973. The third-order valence-electron chi connectivity index (χ3n) is 6.18. The molecule has 1 heterocycles. The molecule has 3 aromatic carbocycles. The monoisotopic (exact) mass is 507 g/mol. The number of anilines is 1. The number of aliphatic hydroxyl groups excluding tert-OH is 1. The summed E-state index contributed by atoms with van der Waals surface area (Å²) >= 11 is 1.31. The quantitative estimate of drug-likeness (QED) is 0.136. The molecule has 190 valence electrons. The zero-order valence-electron chi connectivity index (χ0n) is 20.4. The summed E-state index contributed by atoms with van der Waals surface area (Å²) in [5.41, 5.74) is 4.96. The van der Waals surface area contributed by atoms with Crippen molar-refractivity contribution in [3.63, 3.8) is 0 Å². The number of nitrogens with one attached hydrogen (secondary N) is 3. The van der Waals surface area contributed by atoms with E-state index in [0.29, 0.717) is 17.8 Å². The number of hydrogen-bond acceptors (Lipinski definition) is 8. The molecule has 0 aromatic heterocycles. The molecule has 8 heteroatoms. The van der Waals surface area contributed by atoms with Crippen LogP contribution < -0.4 is 20.7 Å². The van der Waals surface area contributed by atoms with Gasteiger partial charge in [0, 0.05) is 18.0 Å². The average Bonchev–Trinajstić information content (AvgIpc) is 3.36. The summed E-state index contributed by atoms with van der Waals surface area (Å²) in [7, 11) is 1.69. The fourth-order valence-electron chi connectivity index (χ4n) is 4.18. The van der Waals surface area contributed by atoms with Crippen molar-refractivity contribution in [3.8, 4) is 11.5 Å². The fraction of sp³-hybridized carbons (Fsp3) is 0.321. The van der Waals surface area contributed by atoms with Crippen LogP contribution in [0.2, 0.25) is 0 Å². The van der Waals surface area contributed by atoms with Crippen LogP contribution in [0.4, 0.5) is 5.69 Å². The SMILES string of the molecule is COc1cccc(CCNCc2ccc(CCNC[C@H](O)c3ccc(O)c4c3SC(C=O)N4)cc2)c1. The third kappa shape index (κ3) is 6.79. The average molecular weight is 508 g/mol. The Balaban J connectivity index is 1.17. The first-order valence-corrected chi connectivity index (χ1v) is 13.0. The highest BCUT2D eigenvalue weighted by Gasteiger charge is 2.28. The minimum Gasteiger partial charge on any atom is -0.506 e. The van der Waals surface area contributed by atoms with Crippen LogP contribution >= 0.6 is 11.8 Å². The van der Waals surface area contributed by atoms with Gasteiger partial charge in [0.25, 0.3) is 0 Å². The minimum absolute atomic E-state index is 0.0845. The standard InChI is InChI=1S/C28H33N3O4S/c1-35-22-4-2-3-20(15-22)12-14-29-16-21-7-5-19(6-8-21)11-13-30-17-25(34)23-9-10-24(33)27-28(23)36-26(18-32)31-27/h2-10,15,18,25-26,29-31,33-34H,11-14,16-17H2,1H3/t25-,26?/m0/s1. The summed E-state index contributed by atoms with van der Waals surface area (Å²) in [5, 5.41) is 30.1. The fourth-order valence-corrected chi connectivity index (χ4v) is 5.28. The topological polar surface area (TPSA) is 103 Å². The van der Waals surface area contributed by atoms with Gasteiger partial charge >= 0.3 is 0 Å². The molecule has 1 unspecified atom stereocenters. The van der Waals surface area contributed by atoms with E-state index in [2.05, 4.69) is 52.3 Å². The van der Waals surface area contributed by atoms with Crippen molar-refractivity contribution in [1.29, 1.82) is 0 Å². The van der Waals surface area contributed by atoms with Crippen molar-refractivity contribution in [1.82, 2.24) is 10.6 Å². The second kappa shape index (κ2) is 12.8. The Labute approximate surface area is 216 Å². The Morgan fingerprint density at radius 1 is 1.03 bits per heavy atom. The minimum atomic E-state index is -0.732. The lowest BCUT2D eigenvalue weighted by molar-refractivity contribution is -0.107. The number of carbonyl (C=O) groups excluding carboxylic acids is 1. The number of phenols is 1. The Morgan fingerprint density at radius 3 is 2.56 bits per heavy atom. The predicted octanol–water partition coefficient (Wildman–Crippen LogP) is 3.64. The number of thioether (sulfide) groups is 1. The van der Waals surface area contributed by atoms with Crippen molar-refractivity contribution in [2.24, 2.45) is 0 Å². The molecule has 0 saturated heterocycles. The first-order valence-electron chi connectivity index (χ1n) is 12.1. The normalized spacial score (nSPS) is 15.2. The summed E-state index contributed by atoms with van der Waals surface area (Å²) in [6.07, 6.45) is 1.87. The molecule has 0 fully saturated rings. The molecule has 4 rings (SSSR count). The maximum Gasteiger partial charge on any atom is 0.152 e. The van der Waals surface area contributed by atoms with E-state index in [1.54, 1.807) is 19.2 Å². The van der Waals surface area contributed by atoms with Crippen LogP contribution in [0, 0.1) is 0 Å². The van der Waals surface area contributed by atoms with Gasteiger partial charge in [-0.1, -0.05) is 54.2 Å². The van der Waals surface area contributed by atoms with Gasteiger partial charge in [0.05, 0.1) is 18.9 Å². The Bertz CT molecular complexity index is 1160. The van der Waals surface area contributed by atoms with Crippen molar-refractivity contribution < 1.29 is 19.7 Å². The second-order valence-electron chi connectivity index (χ2n) is 8.76. The van der Waals surface area contributed by atoms with Crippen molar-refractivity contribution in [3.05, 3.63) is 82.9 Å². The molecule has 36 heavy (non-hydrogen) atoms. The van der Waals surface area contributed by atoms with Gasteiger partial charge in [0.15, 0.2) is 6.29 Å². The molecular formula is C28H33N3O4S. The smallest absolute Gasteiger partial charge is 0.152 e. The lowest BCUT2D eigenvalue weighted by Crippen LogP contribution is -2.24. The zero-order valence-corrected chi connectivity index (χ0v) is 21.2. The van der Waals surface area contributed by atoms with E-state index in [1.807, 2.05) is 12.1 Å². The number of aromatic hydroxyl groups is 1. The van der Waals surface area contributed by atoms with Gasteiger partial charge in [-0.15, -0.1) is 0 Å². The number of fused-ring (bicyclic) bond motifs is 1. The van der Waals surface area contributed by atoms with E-state index < -0.39 is 11.5 Å². The molecule has 1 aliphatic rings. The van der Waals surface area contributed by atoms with Crippen LogP contribution in [0.3, 0.4) is 0 Å². The first kappa shape index (κ1) is 26.0. The van der Waals surface area contributed by atoms with E-state index in [0.717, 1.165) is 49.4 Å². The second-order valence-corrected chi connectivity index (χ2v) is 9.91. The number of aliphatic hydroxyl groups is 1. The highest BCUT2D eigenvalue weighted by atomic mass is 32.2. The van der Waals surface area contributed by atoms with E-state index in [-0.39, 0.29) is 5.75 Å². The van der Waals surface area contributed by atoms with Crippen molar-refractivity contribution >= 4 is 23.7 Å². The molecule has 0 aliphatic carbocycles. The molecule has 1 aliphatic heterocycles. The van der Waals surface area contributed by atoms with Crippen LogP contribution in [0.15, 0.2) is 65.6 Å². The third-order valence-corrected chi connectivity index (χ3v) is 7.34. The summed E-state index contributed by atoms with van der Waals surface area (Å²) in [6.45, 7) is 2.84. The van der Waals surface area contributed by atoms with Gasteiger partial charge in [0.2, 0.25) is 0 Å². The molecule has 0 radical (unpaired) electrons. The molecule has 2 atom stereocenters. The molecule has 0 bridgehead atoms. The van der Waals surface area contributed by atoms with Crippen LogP contribution in [0.25, 0.3) is 0 Å². The maximum atomic E-state index is 11.1. The molecular weight excluding hydrogens is 474 g/mol. The maximum absolute atomic E-state index is 11.1. The lowest BCUT2D eigenvalue weighted by atomic mass is 10.1. The van der Waals surface area contributed by atoms with Crippen LogP contribution in [0.5, 0.6) is 11.5 Å². The molecule has 0 amide bonds. The van der Waals surface area contributed by atoms with Crippen LogP contribution in [-0.4, -0.2) is 48.6 Å². The van der Waals surface area contributed by atoms with E-state index >= 15 is 0 Å². The van der Waals surface area contributed by atoms with Crippen molar-refractivity contribution in [2.45, 2.75) is 35.8 Å². The van der Waals surface area contributed by atoms with Gasteiger partial charge in [-0.25, -0.2) is 0 Å². The van der Waals surface area contributed by atoms with Gasteiger partial charge in [-0.05, 0) is 66.4 Å². The molecule has 3 aromatic rings. The van der Waals surface area contributed by atoms with Gasteiger partial charge in [-0.3, -0.25) is 0 Å². The highest BCUT2D eigenvalue weighted by molar-refractivity contribution is 8.01. The Hall–Kier alpha value is -3.04. The number of methoxy groups -OCH3 is 1.